The van der Waals surface area contributed by atoms with E-state index in [9.17, 15) is 4.79 Å². The predicted molar refractivity (Wildman–Crippen MR) is 127 cm³/mol. The maximum atomic E-state index is 13.2. The summed E-state index contributed by atoms with van der Waals surface area (Å²) in [7, 11) is 3.25. The molecule has 172 valence electrons. The van der Waals surface area contributed by atoms with E-state index < -0.39 is 0 Å². The summed E-state index contributed by atoms with van der Waals surface area (Å²) in [6, 6.07) is 15.3. The number of nitrogens with zero attached hydrogens (tertiary/aromatic N) is 2. The van der Waals surface area contributed by atoms with E-state index in [0.29, 0.717) is 41.8 Å². The van der Waals surface area contributed by atoms with Gasteiger partial charge in [-0.15, -0.1) is 0 Å². The van der Waals surface area contributed by atoms with Crippen LogP contribution in [0, 0.1) is 0 Å². The van der Waals surface area contributed by atoms with Crippen LogP contribution in [-0.2, 0) is 18.4 Å². The Morgan fingerprint density at radius 1 is 0.939 bits per heavy atom. The van der Waals surface area contributed by atoms with Gasteiger partial charge < -0.3 is 19.1 Å². The lowest BCUT2D eigenvalue weighted by molar-refractivity contribution is 0.0734. The summed E-state index contributed by atoms with van der Waals surface area (Å²) in [4.78, 5) is 19.4. The number of amides is 1. The molecule has 0 bridgehead atoms. The average Bonchev–Trinajstić information content (AvgIpc) is 2.82. The van der Waals surface area contributed by atoms with E-state index in [0.717, 1.165) is 12.0 Å². The summed E-state index contributed by atoms with van der Waals surface area (Å²) in [6.45, 7) is 7.66. The highest BCUT2D eigenvalue weighted by atomic mass is 16.5. The maximum absolute atomic E-state index is 13.2. The number of carbonyl (C=O) groups is 1. The second-order valence-corrected chi connectivity index (χ2v) is 9.21. The van der Waals surface area contributed by atoms with E-state index in [4.69, 9.17) is 14.2 Å². The first-order valence-electron chi connectivity index (χ1n) is 11.1. The predicted octanol–water partition coefficient (Wildman–Crippen LogP) is 5.39. The van der Waals surface area contributed by atoms with Crippen LogP contribution < -0.4 is 14.2 Å². The number of methoxy groups -OCH3 is 2. The van der Waals surface area contributed by atoms with E-state index in [1.165, 1.54) is 11.1 Å². The monoisotopic (exact) mass is 446 g/mol. The Morgan fingerprint density at radius 2 is 1.61 bits per heavy atom. The topological polar surface area (TPSA) is 60.9 Å². The zero-order chi connectivity index (χ0) is 23.6. The fourth-order valence-electron chi connectivity index (χ4n) is 3.98. The summed E-state index contributed by atoms with van der Waals surface area (Å²) in [5.74, 6) is 2.41. The highest BCUT2D eigenvalue weighted by molar-refractivity contribution is 5.94. The molecule has 33 heavy (non-hydrogen) atoms. The Kier molecular flexibility index (Phi) is 6.27. The van der Waals surface area contributed by atoms with Crippen LogP contribution in [0.1, 0.15) is 47.8 Å². The molecule has 0 atom stereocenters. The molecule has 0 saturated carbocycles. The average molecular weight is 447 g/mol. The fourth-order valence-corrected chi connectivity index (χ4v) is 3.98. The van der Waals surface area contributed by atoms with E-state index in [2.05, 4.69) is 37.9 Å². The summed E-state index contributed by atoms with van der Waals surface area (Å²) in [6.07, 6.45) is 2.37. The first kappa shape index (κ1) is 22.6. The van der Waals surface area contributed by atoms with E-state index in [1.54, 1.807) is 32.5 Å². The van der Waals surface area contributed by atoms with Crippen molar-refractivity contribution in [2.24, 2.45) is 0 Å². The lowest BCUT2D eigenvalue weighted by Crippen LogP contribution is -2.36. The van der Waals surface area contributed by atoms with Crippen molar-refractivity contribution in [1.82, 2.24) is 9.88 Å². The molecule has 1 aliphatic heterocycles. The Morgan fingerprint density at radius 3 is 2.24 bits per heavy atom. The van der Waals surface area contributed by atoms with Crippen molar-refractivity contribution in [3.8, 4) is 23.1 Å². The van der Waals surface area contributed by atoms with Crippen LogP contribution in [0.2, 0.25) is 0 Å². The molecule has 0 fully saturated rings. The minimum absolute atomic E-state index is 0.0502. The highest BCUT2D eigenvalue weighted by Gasteiger charge is 2.24. The smallest absolute Gasteiger partial charge is 0.254 e. The number of fused-ring (bicyclic) bond motifs is 1. The van der Waals surface area contributed by atoms with Gasteiger partial charge in [-0.25, -0.2) is 4.98 Å². The molecule has 0 spiro atoms. The molecule has 2 heterocycles. The second-order valence-electron chi connectivity index (χ2n) is 9.21. The summed E-state index contributed by atoms with van der Waals surface area (Å²) < 4.78 is 16.8. The Labute approximate surface area is 195 Å². The Balaban J connectivity index is 1.49. The minimum Gasteiger partial charge on any atom is -0.493 e. The Bertz CT molecular complexity index is 1150. The van der Waals surface area contributed by atoms with E-state index in [-0.39, 0.29) is 11.3 Å². The molecule has 1 amide bonds. The van der Waals surface area contributed by atoms with Gasteiger partial charge in [-0.1, -0.05) is 32.9 Å². The van der Waals surface area contributed by atoms with Crippen molar-refractivity contribution in [2.75, 3.05) is 20.8 Å². The molecule has 6 heteroatoms. The fraction of sp³-hybridized carbons (Fsp3) is 0.333. The van der Waals surface area contributed by atoms with E-state index in [1.807, 2.05) is 29.2 Å². The van der Waals surface area contributed by atoms with Crippen LogP contribution >= 0.6 is 0 Å². The van der Waals surface area contributed by atoms with Crippen molar-refractivity contribution >= 4 is 5.91 Å². The first-order chi connectivity index (χ1) is 15.8. The third-order valence-electron chi connectivity index (χ3n) is 5.93. The molecule has 1 aliphatic rings. The minimum atomic E-state index is -0.0502. The molecule has 0 aliphatic carbocycles. The van der Waals surface area contributed by atoms with Crippen LogP contribution in [0.3, 0.4) is 0 Å². The molecular formula is C27H30N2O4. The molecule has 3 aromatic rings. The number of benzene rings is 2. The van der Waals surface area contributed by atoms with Crippen molar-refractivity contribution in [1.29, 1.82) is 0 Å². The third-order valence-corrected chi connectivity index (χ3v) is 5.93. The van der Waals surface area contributed by atoms with Gasteiger partial charge in [0.05, 0.1) is 14.2 Å². The standard InChI is InChI=1S/C27H30N2O4/c1-27(2,3)21-6-8-22(9-7-21)33-25-16-19(10-12-28-25)26(30)29-13-11-18-14-23(31-4)24(32-5)15-20(18)17-29/h6-10,12,14-16H,11,13,17H2,1-5H3. The van der Waals surface area contributed by atoms with Crippen LogP contribution in [0.25, 0.3) is 0 Å². The van der Waals surface area contributed by atoms with Crippen LogP contribution in [0.15, 0.2) is 54.7 Å². The molecule has 2 aromatic carbocycles. The molecule has 0 N–H and O–H groups in total. The molecule has 1 aromatic heterocycles. The largest absolute Gasteiger partial charge is 0.493 e. The number of rotatable bonds is 5. The number of aromatic nitrogens is 1. The van der Waals surface area contributed by atoms with Crippen molar-refractivity contribution in [2.45, 2.75) is 39.2 Å². The molecule has 0 radical (unpaired) electrons. The van der Waals surface area contributed by atoms with Crippen molar-refractivity contribution in [3.63, 3.8) is 0 Å². The molecule has 6 nitrogen and oxygen atoms in total. The summed E-state index contributed by atoms with van der Waals surface area (Å²) >= 11 is 0. The maximum Gasteiger partial charge on any atom is 0.254 e. The molecule has 0 saturated heterocycles. The number of carbonyl (C=O) groups excluding carboxylic acids is 1. The van der Waals surface area contributed by atoms with Gasteiger partial charge in [0.1, 0.15) is 5.75 Å². The summed E-state index contributed by atoms with van der Waals surface area (Å²) in [5, 5.41) is 0. The van der Waals surface area contributed by atoms with Gasteiger partial charge in [-0.3, -0.25) is 4.79 Å². The SMILES string of the molecule is COc1cc2c(cc1OC)CN(C(=O)c1ccnc(Oc3ccc(C(C)(C)C)cc3)c1)CC2. The molecule has 0 unspecified atom stereocenters. The van der Waals surface area contributed by atoms with Crippen LogP contribution in [0.5, 0.6) is 23.1 Å². The van der Waals surface area contributed by atoms with E-state index >= 15 is 0 Å². The van der Waals surface area contributed by atoms with Crippen LogP contribution in [0.4, 0.5) is 0 Å². The molecular weight excluding hydrogens is 416 g/mol. The van der Waals surface area contributed by atoms with Gasteiger partial charge in [-0.2, -0.15) is 0 Å². The normalized spacial score (nSPS) is 13.3. The zero-order valence-electron chi connectivity index (χ0n) is 19.8. The number of hydrogen-bond acceptors (Lipinski definition) is 5. The second kappa shape index (κ2) is 9.14. The van der Waals surface area contributed by atoms with Crippen molar-refractivity contribution < 1.29 is 19.0 Å². The molecule has 4 rings (SSSR count). The number of hydrogen-bond donors (Lipinski definition) is 0. The van der Waals surface area contributed by atoms with Gasteiger partial charge >= 0.3 is 0 Å². The summed E-state index contributed by atoms with van der Waals surface area (Å²) in [5.41, 5.74) is 4.10. The van der Waals surface area contributed by atoms with Crippen LogP contribution in [-0.4, -0.2) is 36.6 Å². The zero-order valence-corrected chi connectivity index (χ0v) is 19.8. The third kappa shape index (κ3) is 4.95. The first-order valence-corrected chi connectivity index (χ1v) is 11.1. The van der Waals surface area contributed by atoms with Gasteiger partial charge in [0.15, 0.2) is 11.5 Å². The van der Waals surface area contributed by atoms with Gasteiger partial charge in [0.25, 0.3) is 5.91 Å². The quantitative estimate of drug-likeness (QED) is 0.526. The van der Waals surface area contributed by atoms with Gasteiger partial charge in [0.2, 0.25) is 5.88 Å². The lowest BCUT2D eigenvalue weighted by atomic mass is 9.87. The van der Waals surface area contributed by atoms with Gasteiger partial charge in [-0.05, 0) is 58.9 Å². The number of pyridine rings is 1. The lowest BCUT2D eigenvalue weighted by Gasteiger charge is -2.29. The van der Waals surface area contributed by atoms with Crippen molar-refractivity contribution in [3.05, 3.63) is 77.0 Å². The number of ether oxygens (including phenoxy) is 3. The van der Waals surface area contributed by atoms with Gasteiger partial charge in [0, 0.05) is 30.9 Å². The Hall–Kier alpha value is -3.54. The highest BCUT2D eigenvalue weighted by Crippen LogP contribution is 2.34.